The number of benzene rings is 3. The van der Waals surface area contributed by atoms with Crippen LogP contribution in [0.4, 0.5) is 5.69 Å². The number of phenols is 1. The van der Waals surface area contributed by atoms with E-state index in [1.165, 1.54) is 13.2 Å². The summed E-state index contributed by atoms with van der Waals surface area (Å²) in [6.45, 7) is 0.378. The SMILES string of the molecule is COc1ccc([C@H](Nc2ccc(C(=N)N)cc2)C(=O)NCc2ccccc2)cc1O.Cl. The number of phenolic OH excluding ortho intramolecular Hbond substituents is 1. The molecule has 1 atom stereocenters. The summed E-state index contributed by atoms with van der Waals surface area (Å²) in [6.07, 6.45) is 0. The summed E-state index contributed by atoms with van der Waals surface area (Å²) in [7, 11) is 1.47. The molecule has 31 heavy (non-hydrogen) atoms. The third-order valence-corrected chi connectivity index (χ3v) is 4.61. The van der Waals surface area contributed by atoms with Gasteiger partial charge in [-0.3, -0.25) is 10.2 Å². The van der Waals surface area contributed by atoms with Crippen molar-refractivity contribution in [2.75, 3.05) is 12.4 Å². The number of hydrogen-bond acceptors (Lipinski definition) is 5. The van der Waals surface area contributed by atoms with Crippen LogP contribution in [-0.2, 0) is 11.3 Å². The zero-order chi connectivity index (χ0) is 21.5. The van der Waals surface area contributed by atoms with Crippen molar-refractivity contribution in [3.8, 4) is 11.5 Å². The number of carbonyl (C=O) groups excluding carboxylic acids is 1. The van der Waals surface area contributed by atoms with Gasteiger partial charge in [0.05, 0.1) is 7.11 Å². The summed E-state index contributed by atoms with van der Waals surface area (Å²) >= 11 is 0. The number of amides is 1. The maximum atomic E-state index is 13.0. The first-order valence-electron chi connectivity index (χ1n) is 9.37. The molecule has 0 unspecified atom stereocenters. The number of hydrogen-bond donors (Lipinski definition) is 5. The van der Waals surface area contributed by atoms with Crippen molar-refractivity contribution >= 4 is 29.8 Å². The molecule has 0 heterocycles. The van der Waals surface area contributed by atoms with Crippen molar-refractivity contribution in [3.63, 3.8) is 0 Å². The highest BCUT2D eigenvalue weighted by molar-refractivity contribution is 5.95. The zero-order valence-electron chi connectivity index (χ0n) is 17.0. The Kier molecular flexibility index (Phi) is 8.28. The summed E-state index contributed by atoms with van der Waals surface area (Å²) in [5.74, 6) is -0.00422. The van der Waals surface area contributed by atoms with Crippen molar-refractivity contribution in [2.45, 2.75) is 12.6 Å². The molecule has 0 aliphatic heterocycles. The molecule has 1 amide bonds. The first-order chi connectivity index (χ1) is 14.5. The molecule has 0 bridgehead atoms. The number of methoxy groups -OCH3 is 1. The molecule has 3 aromatic rings. The van der Waals surface area contributed by atoms with Gasteiger partial charge in [-0.05, 0) is 47.5 Å². The lowest BCUT2D eigenvalue weighted by Crippen LogP contribution is -2.33. The average molecular weight is 441 g/mol. The standard InChI is InChI=1S/C23H24N4O3.ClH/c1-30-20-12-9-17(13-19(20)28)21(23(29)26-14-15-5-3-2-4-6-15)27-18-10-7-16(8-11-18)22(24)25;/h2-13,21,27-28H,14H2,1H3,(H3,24,25)(H,26,29);1H/t21-;/m0./s1. The summed E-state index contributed by atoms with van der Waals surface area (Å²) in [5.41, 5.74) is 8.33. The van der Waals surface area contributed by atoms with E-state index in [-0.39, 0.29) is 29.9 Å². The Morgan fingerprint density at radius 1 is 1.10 bits per heavy atom. The van der Waals surface area contributed by atoms with E-state index in [1.54, 1.807) is 36.4 Å². The number of ether oxygens (including phenoxy) is 1. The van der Waals surface area contributed by atoms with E-state index < -0.39 is 6.04 Å². The van der Waals surface area contributed by atoms with E-state index in [0.29, 0.717) is 29.1 Å². The van der Waals surface area contributed by atoms with Gasteiger partial charge in [-0.2, -0.15) is 0 Å². The van der Waals surface area contributed by atoms with Crippen LogP contribution in [-0.4, -0.2) is 24.0 Å². The highest BCUT2D eigenvalue weighted by Crippen LogP contribution is 2.30. The van der Waals surface area contributed by atoms with Crippen LogP contribution in [0.3, 0.4) is 0 Å². The summed E-state index contributed by atoms with van der Waals surface area (Å²) < 4.78 is 5.10. The second-order valence-corrected chi connectivity index (χ2v) is 6.70. The summed E-state index contributed by atoms with van der Waals surface area (Å²) in [4.78, 5) is 13.0. The van der Waals surface area contributed by atoms with Crippen LogP contribution in [0.5, 0.6) is 11.5 Å². The zero-order valence-corrected chi connectivity index (χ0v) is 17.8. The maximum Gasteiger partial charge on any atom is 0.247 e. The van der Waals surface area contributed by atoms with Crippen LogP contribution < -0.4 is 21.1 Å². The first kappa shape index (κ1) is 23.6. The Morgan fingerprint density at radius 3 is 2.35 bits per heavy atom. The fourth-order valence-corrected chi connectivity index (χ4v) is 2.99. The molecule has 0 fully saturated rings. The number of nitrogens with two attached hydrogens (primary N) is 1. The molecule has 0 saturated carbocycles. The van der Waals surface area contributed by atoms with Gasteiger partial charge in [0.2, 0.25) is 5.91 Å². The van der Waals surface area contributed by atoms with Crippen molar-refractivity contribution in [3.05, 3.63) is 89.5 Å². The second kappa shape index (κ2) is 10.9. The van der Waals surface area contributed by atoms with Gasteiger partial charge in [0, 0.05) is 17.8 Å². The van der Waals surface area contributed by atoms with E-state index in [4.69, 9.17) is 15.9 Å². The molecule has 162 valence electrons. The van der Waals surface area contributed by atoms with Crippen LogP contribution in [0.2, 0.25) is 0 Å². The minimum atomic E-state index is -0.756. The molecule has 0 aliphatic carbocycles. The average Bonchev–Trinajstić information content (AvgIpc) is 2.76. The fourth-order valence-electron chi connectivity index (χ4n) is 2.99. The van der Waals surface area contributed by atoms with Gasteiger partial charge in [-0.25, -0.2) is 0 Å². The van der Waals surface area contributed by atoms with E-state index in [0.717, 1.165) is 5.56 Å². The molecule has 6 N–H and O–H groups in total. The lowest BCUT2D eigenvalue weighted by Gasteiger charge is -2.21. The van der Waals surface area contributed by atoms with Crippen LogP contribution in [0.25, 0.3) is 0 Å². The number of aromatic hydroxyl groups is 1. The molecule has 0 radical (unpaired) electrons. The maximum absolute atomic E-state index is 13.0. The van der Waals surface area contributed by atoms with Gasteiger partial charge < -0.3 is 26.2 Å². The quantitative estimate of drug-likeness (QED) is 0.271. The van der Waals surface area contributed by atoms with E-state index in [2.05, 4.69) is 10.6 Å². The topological polar surface area (TPSA) is 120 Å². The minimum absolute atomic E-state index is 0. The van der Waals surface area contributed by atoms with Crippen LogP contribution in [0.15, 0.2) is 72.8 Å². The predicted octanol–water partition coefficient (Wildman–Crippen LogP) is 3.58. The van der Waals surface area contributed by atoms with Crippen molar-refractivity contribution < 1.29 is 14.6 Å². The van der Waals surface area contributed by atoms with Crippen LogP contribution >= 0.6 is 12.4 Å². The largest absolute Gasteiger partial charge is 0.504 e. The van der Waals surface area contributed by atoms with Crippen molar-refractivity contribution in [2.24, 2.45) is 5.73 Å². The Hall–Kier alpha value is -3.71. The number of amidine groups is 1. The Morgan fingerprint density at radius 2 is 1.77 bits per heavy atom. The molecule has 0 aromatic heterocycles. The Balaban J connectivity index is 0.00000341. The molecule has 0 aliphatic rings. The smallest absolute Gasteiger partial charge is 0.247 e. The lowest BCUT2D eigenvalue weighted by atomic mass is 10.0. The normalized spacial score (nSPS) is 11.0. The van der Waals surface area contributed by atoms with Gasteiger partial charge in [0.15, 0.2) is 11.5 Å². The molecule has 0 spiro atoms. The lowest BCUT2D eigenvalue weighted by molar-refractivity contribution is -0.122. The number of anilines is 1. The van der Waals surface area contributed by atoms with Crippen LogP contribution in [0.1, 0.15) is 22.7 Å². The molecule has 3 aromatic carbocycles. The van der Waals surface area contributed by atoms with Gasteiger partial charge in [-0.1, -0.05) is 36.4 Å². The van der Waals surface area contributed by atoms with Crippen molar-refractivity contribution in [1.82, 2.24) is 5.32 Å². The van der Waals surface area contributed by atoms with Gasteiger partial charge in [-0.15, -0.1) is 12.4 Å². The third-order valence-electron chi connectivity index (χ3n) is 4.61. The number of carbonyl (C=O) groups is 1. The van der Waals surface area contributed by atoms with E-state index in [1.807, 2.05) is 30.3 Å². The predicted molar refractivity (Wildman–Crippen MR) is 124 cm³/mol. The second-order valence-electron chi connectivity index (χ2n) is 6.70. The van der Waals surface area contributed by atoms with Crippen molar-refractivity contribution in [1.29, 1.82) is 5.41 Å². The minimum Gasteiger partial charge on any atom is -0.504 e. The molecular formula is C23H25ClN4O3. The van der Waals surface area contributed by atoms with Gasteiger partial charge in [0.1, 0.15) is 11.9 Å². The Labute approximate surface area is 187 Å². The van der Waals surface area contributed by atoms with Gasteiger partial charge in [0.25, 0.3) is 0 Å². The Bertz CT molecular complexity index is 1030. The molecule has 8 heteroatoms. The number of rotatable bonds is 8. The number of halogens is 1. The highest BCUT2D eigenvalue weighted by atomic mass is 35.5. The summed E-state index contributed by atoms with van der Waals surface area (Å²) in [6, 6.07) is 20.6. The molecule has 7 nitrogen and oxygen atoms in total. The molecular weight excluding hydrogens is 416 g/mol. The summed E-state index contributed by atoms with van der Waals surface area (Å²) in [5, 5.41) is 23.8. The van der Waals surface area contributed by atoms with Crippen LogP contribution in [0, 0.1) is 5.41 Å². The third kappa shape index (κ3) is 6.13. The number of nitrogen functional groups attached to an aromatic ring is 1. The van der Waals surface area contributed by atoms with E-state index >= 15 is 0 Å². The monoisotopic (exact) mass is 440 g/mol. The first-order valence-corrected chi connectivity index (χ1v) is 9.37. The highest BCUT2D eigenvalue weighted by Gasteiger charge is 2.22. The van der Waals surface area contributed by atoms with Gasteiger partial charge >= 0.3 is 0 Å². The van der Waals surface area contributed by atoms with E-state index in [9.17, 15) is 9.90 Å². The number of nitrogens with one attached hydrogen (secondary N) is 3. The molecule has 0 saturated heterocycles. The fraction of sp³-hybridized carbons (Fsp3) is 0.130. The molecule has 3 rings (SSSR count).